The lowest BCUT2D eigenvalue weighted by Gasteiger charge is -2.61. The van der Waals surface area contributed by atoms with E-state index in [1.54, 1.807) is 0 Å². The Labute approximate surface area is 130 Å². The fourth-order valence-corrected chi connectivity index (χ4v) is 7.54. The van der Waals surface area contributed by atoms with E-state index < -0.39 is 5.60 Å². The summed E-state index contributed by atoms with van der Waals surface area (Å²) in [6, 6.07) is 0. The normalized spacial score (nSPS) is 60.0. The molecule has 7 atom stereocenters. The summed E-state index contributed by atoms with van der Waals surface area (Å²) in [4.78, 5) is 0. The van der Waals surface area contributed by atoms with Gasteiger partial charge in [0.05, 0.1) is 5.60 Å². The highest BCUT2D eigenvalue weighted by Crippen LogP contribution is 2.68. The molecule has 0 aromatic carbocycles. The van der Waals surface area contributed by atoms with E-state index in [0.29, 0.717) is 5.41 Å². The maximum absolute atomic E-state index is 10.9. The Kier molecular flexibility index (Phi) is 3.11. The molecule has 4 aliphatic carbocycles. The Bertz CT molecular complexity index is 428. The first-order chi connectivity index (χ1) is 9.88. The van der Waals surface area contributed by atoms with Gasteiger partial charge in [-0.15, -0.1) is 0 Å². The molecule has 0 radical (unpaired) electrons. The molecule has 1 N–H and O–H groups in total. The predicted octanol–water partition coefficient (Wildman–Crippen LogP) is 5.17. The summed E-state index contributed by atoms with van der Waals surface area (Å²) < 4.78 is 0. The van der Waals surface area contributed by atoms with Crippen molar-refractivity contribution in [3.63, 3.8) is 0 Å². The summed E-state index contributed by atoms with van der Waals surface area (Å²) in [6.45, 7) is 7.18. The maximum Gasteiger partial charge on any atom is 0.0675 e. The summed E-state index contributed by atoms with van der Waals surface area (Å²) >= 11 is 0. The van der Waals surface area contributed by atoms with Crippen LogP contribution >= 0.6 is 0 Å². The van der Waals surface area contributed by atoms with Crippen LogP contribution in [0, 0.1) is 34.5 Å². The monoisotopic (exact) mass is 290 g/mol. The maximum atomic E-state index is 10.9. The van der Waals surface area contributed by atoms with Gasteiger partial charge in [0, 0.05) is 0 Å². The predicted molar refractivity (Wildman–Crippen MR) is 87.0 cm³/mol. The van der Waals surface area contributed by atoms with E-state index in [9.17, 15) is 5.11 Å². The Hall–Kier alpha value is -0.0400. The van der Waals surface area contributed by atoms with Crippen molar-refractivity contribution in [2.24, 2.45) is 34.5 Å². The molecule has 4 saturated carbocycles. The Balaban J connectivity index is 1.66. The molecular formula is C20H34O. The third kappa shape index (κ3) is 1.79. The number of aliphatic hydroxyl groups is 1. The zero-order valence-corrected chi connectivity index (χ0v) is 14.3. The molecule has 0 aliphatic heterocycles. The Morgan fingerprint density at radius 2 is 1.52 bits per heavy atom. The minimum absolute atomic E-state index is 0.200. The molecule has 0 aromatic rings. The molecule has 1 nitrogen and oxygen atoms in total. The minimum atomic E-state index is -0.410. The fourth-order valence-electron chi connectivity index (χ4n) is 7.54. The molecule has 0 aromatic heterocycles. The van der Waals surface area contributed by atoms with E-state index in [0.717, 1.165) is 30.1 Å². The first-order valence-corrected chi connectivity index (χ1v) is 9.61. The molecule has 120 valence electrons. The van der Waals surface area contributed by atoms with Crippen molar-refractivity contribution in [3.05, 3.63) is 0 Å². The SMILES string of the molecule is CC12CCCCC1CCC1C2CCC2(C)C1CCC2(C)O. The van der Waals surface area contributed by atoms with Crippen LogP contribution < -0.4 is 0 Å². The van der Waals surface area contributed by atoms with Gasteiger partial charge < -0.3 is 5.11 Å². The van der Waals surface area contributed by atoms with E-state index >= 15 is 0 Å². The van der Waals surface area contributed by atoms with E-state index in [1.165, 1.54) is 57.8 Å². The van der Waals surface area contributed by atoms with Crippen molar-refractivity contribution in [1.29, 1.82) is 0 Å². The standard InChI is InChI=1S/C20H34O/c1-18-11-5-4-6-14(18)7-8-15-16(18)9-12-19(2)17(15)10-13-20(19,3)21/h14-17,21H,4-13H2,1-3H3. The lowest BCUT2D eigenvalue weighted by Crippen LogP contribution is -2.55. The molecule has 0 saturated heterocycles. The lowest BCUT2D eigenvalue weighted by atomic mass is 9.44. The summed E-state index contributed by atoms with van der Waals surface area (Å²) in [7, 11) is 0. The Morgan fingerprint density at radius 3 is 2.33 bits per heavy atom. The molecular weight excluding hydrogens is 256 g/mol. The van der Waals surface area contributed by atoms with Crippen LogP contribution in [-0.2, 0) is 0 Å². The summed E-state index contributed by atoms with van der Waals surface area (Å²) in [5.74, 6) is 3.69. The van der Waals surface area contributed by atoms with Crippen LogP contribution in [0.5, 0.6) is 0 Å². The number of hydrogen-bond donors (Lipinski definition) is 1. The summed E-state index contributed by atoms with van der Waals surface area (Å²) in [6.07, 6.45) is 13.9. The van der Waals surface area contributed by atoms with E-state index in [-0.39, 0.29) is 5.41 Å². The third-order valence-corrected chi connectivity index (χ3v) is 9.15. The fraction of sp³-hybridized carbons (Fsp3) is 1.00. The van der Waals surface area contributed by atoms with Gasteiger partial charge in [0.15, 0.2) is 0 Å². The number of fused-ring (bicyclic) bond motifs is 5. The molecule has 21 heavy (non-hydrogen) atoms. The molecule has 0 amide bonds. The lowest BCUT2D eigenvalue weighted by molar-refractivity contribution is -0.145. The molecule has 4 rings (SSSR count). The van der Waals surface area contributed by atoms with Crippen LogP contribution in [0.3, 0.4) is 0 Å². The highest BCUT2D eigenvalue weighted by atomic mass is 16.3. The van der Waals surface area contributed by atoms with Crippen LogP contribution in [0.2, 0.25) is 0 Å². The van der Waals surface area contributed by atoms with Crippen LogP contribution in [-0.4, -0.2) is 10.7 Å². The largest absolute Gasteiger partial charge is 0.390 e. The highest BCUT2D eigenvalue weighted by molar-refractivity contribution is 5.12. The van der Waals surface area contributed by atoms with Gasteiger partial charge in [0.1, 0.15) is 0 Å². The molecule has 4 fully saturated rings. The summed E-state index contributed by atoms with van der Waals surface area (Å²) in [5.41, 5.74) is 0.427. The van der Waals surface area contributed by atoms with Gasteiger partial charge in [-0.3, -0.25) is 0 Å². The van der Waals surface area contributed by atoms with Crippen molar-refractivity contribution in [2.45, 2.75) is 90.6 Å². The molecule has 7 unspecified atom stereocenters. The van der Waals surface area contributed by atoms with Gasteiger partial charge in [-0.1, -0.05) is 26.7 Å². The number of rotatable bonds is 0. The van der Waals surface area contributed by atoms with Gasteiger partial charge >= 0.3 is 0 Å². The van der Waals surface area contributed by atoms with Gasteiger partial charge in [-0.2, -0.15) is 0 Å². The van der Waals surface area contributed by atoms with Gasteiger partial charge in [0.2, 0.25) is 0 Å². The topological polar surface area (TPSA) is 20.2 Å². The average molecular weight is 290 g/mol. The van der Waals surface area contributed by atoms with Crippen LogP contribution in [0.25, 0.3) is 0 Å². The van der Waals surface area contributed by atoms with Crippen molar-refractivity contribution in [2.75, 3.05) is 0 Å². The second-order valence-electron chi connectivity index (χ2n) is 9.67. The van der Waals surface area contributed by atoms with Crippen molar-refractivity contribution < 1.29 is 5.11 Å². The van der Waals surface area contributed by atoms with Crippen LogP contribution in [0.15, 0.2) is 0 Å². The quantitative estimate of drug-likeness (QED) is 0.652. The van der Waals surface area contributed by atoms with E-state index in [4.69, 9.17) is 0 Å². The van der Waals surface area contributed by atoms with Gasteiger partial charge in [-0.05, 0) is 92.8 Å². The molecule has 0 heterocycles. The van der Waals surface area contributed by atoms with Crippen LogP contribution in [0.1, 0.15) is 85.0 Å². The van der Waals surface area contributed by atoms with E-state index in [2.05, 4.69) is 20.8 Å². The second-order valence-corrected chi connectivity index (χ2v) is 9.67. The van der Waals surface area contributed by atoms with Crippen molar-refractivity contribution in [1.82, 2.24) is 0 Å². The highest BCUT2D eigenvalue weighted by Gasteiger charge is 2.62. The van der Waals surface area contributed by atoms with Crippen LogP contribution in [0.4, 0.5) is 0 Å². The molecule has 4 aliphatic rings. The van der Waals surface area contributed by atoms with E-state index in [1.807, 2.05) is 0 Å². The molecule has 0 bridgehead atoms. The smallest absolute Gasteiger partial charge is 0.0675 e. The zero-order valence-electron chi connectivity index (χ0n) is 14.3. The summed E-state index contributed by atoms with van der Waals surface area (Å²) in [5, 5.41) is 10.9. The van der Waals surface area contributed by atoms with Crippen molar-refractivity contribution >= 4 is 0 Å². The zero-order chi connectivity index (χ0) is 14.9. The average Bonchev–Trinajstić information content (AvgIpc) is 2.69. The molecule has 1 heteroatoms. The van der Waals surface area contributed by atoms with Gasteiger partial charge in [0.25, 0.3) is 0 Å². The third-order valence-electron chi connectivity index (χ3n) is 9.15. The molecule has 0 spiro atoms. The first-order valence-electron chi connectivity index (χ1n) is 9.61. The first kappa shape index (κ1) is 14.5. The number of hydrogen-bond acceptors (Lipinski definition) is 1. The Morgan fingerprint density at radius 1 is 0.762 bits per heavy atom. The van der Waals surface area contributed by atoms with Crippen molar-refractivity contribution in [3.8, 4) is 0 Å². The minimum Gasteiger partial charge on any atom is -0.390 e. The van der Waals surface area contributed by atoms with Gasteiger partial charge in [-0.25, -0.2) is 0 Å². The second kappa shape index (κ2) is 4.49.